The van der Waals surface area contributed by atoms with Gasteiger partial charge in [-0.3, -0.25) is 0 Å². The third-order valence-corrected chi connectivity index (χ3v) is 2.89. The fraction of sp³-hybridized carbons (Fsp3) is 0.500. The van der Waals surface area contributed by atoms with Crippen molar-refractivity contribution in [3.05, 3.63) is 20.6 Å². The number of rotatable bonds is 3. The third kappa shape index (κ3) is 2.73. The van der Waals surface area contributed by atoms with Crippen molar-refractivity contribution in [2.45, 2.75) is 20.1 Å². The number of halogens is 2. The molecule has 4 nitrogen and oxygen atoms in total. The minimum atomic E-state index is -1.04. The lowest BCUT2D eigenvalue weighted by atomic mass is 10.4. The van der Waals surface area contributed by atoms with Gasteiger partial charge in [-0.2, -0.15) is 0 Å². The lowest BCUT2D eigenvalue weighted by molar-refractivity contribution is -0.101. The number of hydrogen-bond donors (Lipinski definition) is 1. The summed E-state index contributed by atoms with van der Waals surface area (Å²) in [5.74, 6) is 0. The molecule has 1 atom stereocenters. The second-order valence-corrected chi connectivity index (χ2v) is 4.09. The van der Waals surface area contributed by atoms with Crippen LogP contribution in [0, 0.1) is 6.92 Å². The molecule has 1 N–H and O–H groups in total. The Morgan fingerprint density at radius 3 is 2.57 bits per heavy atom. The van der Waals surface area contributed by atoms with Crippen molar-refractivity contribution in [3.8, 4) is 0 Å². The smallest absolute Gasteiger partial charge is 0.201 e. The Hall–Kier alpha value is -0.0400. The van der Waals surface area contributed by atoms with E-state index in [1.807, 2.05) is 6.92 Å². The van der Waals surface area contributed by atoms with Crippen molar-refractivity contribution >= 4 is 31.9 Å². The maximum Gasteiger partial charge on any atom is 0.201 e. The van der Waals surface area contributed by atoms with Crippen LogP contribution in [0.25, 0.3) is 0 Å². The van der Waals surface area contributed by atoms with Gasteiger partial charge in [0.05, 0.1) is 5.69 Å². The first kappa shape index (κ1) is 12.0. The van der Waals surface area contributed by atoms with Crippen LogP contribution in [0.5, 0.6) is 0 Å². The third-order valence-electron chi connectivity index (χ3n) is 1.55. The van der Waals surface area contributed by atoms with Crippen molar-refractivity contribution in [2.75, 3.05) is 6.61 Å². The summed E-state index contributed by atoms with van der Waals surface area (Å²) in [6.45, 7) is 4.03. The van der Waals surface area contributed by atoms with Gasteiger partial charge in [0.1, 0.15) is 14.9 Å². The first-order valence-corrected chi connectivity index (χ1v) is 5.64. The Balaban J connectivity index is 3.02. The van der Waals surface area contributed by atoms with Crippen molar-refractivity contribution in [2.24, 2.45) is 0 Å². The van der Waals surface area contributed by atoms with Gasteiger partial charge in [0.2, 0.25) is 6.29 Å². The molecular weight excluding hydrogens is 316 g/mol. The van der Waals surface area contributed by atoms with E-state index in [2.05, 4.69) is 41.8 Å². The number of ether oxygens (including phenoxy) is 1. The van der Waals surface area contributed by atoms with Crippen LogP contribution in [-0.2, 0) is 4.74 Å². The normalized spacial score (nSPS) is 12.9. The summed E-state index contributed by atoms with van der Waals surface area (Å²) in [5, 5.41) is 9.54. The van der Waals surface area contributed by atoms with Gasteiger partial charge >= 0.3 is 0 Å². The van der Waals surface area contributed by atoms with E-state index >= 15 is 0 Å². The first-order chi connectivity index (χ1) is 6.56. The average molecular weight is 326 g/mol. The SMILES string of the molecule is CCOC(O)c1nc(Br)c(C)nc1Br. The first-order valence-electron chi connectivity index (χ1n) is 4.05. The van der Waals surface area contributed by atoms with E-state index in [9.17, 15) is 5.11 Å². The van der Waals surface area contributed by atoms with E-state index in [0.29, 0.717) is 21.5 Å². The predicted octanol–water partition coefficient (Wildman–Crippen LogP) is 2.34. The van der Waals surface area contributed by atoms with Gasteiger partial charge in [-0.1, -0.05) is 0 Å². The molecule has 1 rings (SSSR count). The van der Waals surface area contributed by atoms with E-state index in [-0.39, 0.29) is 0 Å². The quantitative estimate of drug-likeness (QED) is 0.867. The molecule has 0 saturated carbocycles. The summed E-state index contributed by atoms with van der Waals surface area (Å²) >= 11 is 6.46. The van der Waals surface area contributed by atoms with E-state index in [0.717, 1.165) is 5.69 Å². The van der Waals surface area contributed by atoms with Gasteiger partial charge in [-0.15, -0.1) is 0 Å². The van der Waals surface area contributed by atoms with Crippen LogP contribution in [0.2, 0.25) is 0 Å². The van der Waals surface area contributed by atoms with Crippen LogP contribution in [0.15, 0.2) is 9.21 Å². The van der Waals surface area contributed by atoms with Gasteiger partial charge in [-0.05, 0) is 45.7 Å². The summed E-state index contributed by atoms with van der Waals surface area (Å²) in [5.41, 5.74) is 1.13. The Bertz CT molecular complexity index is 333. The molecule has 14 heavy (non-hydrogen) atoms. The van der Waals surface area contributed by atoms with Crippen molar-refractivity contribution in [3.63, 3.8) is 0 Å². The summed E-state index contributed by atoms with van der Waals surface area (Å²) in [7, 11) is 0. The molecule has 0 saturated heterocycles. The molecule has 0 aliphatic carbocycles. The van der Waals surface area contributed by atoms with Gasteiger partial charge in [0, 0.05) is 6.61 Å². The maximum absolute atomic E-state index is 9.54. The van der Waals surface area contributed by atoms with E-state index in [4.69, 9.17) is 4.74 Å². The summed E-state index contributed by atoms with van der Waals surface area (Å²) in [4.78, 5) is 8.27. The molecule has 0 aliphatic rings. The fourth-order valence-electron chi connectivity index (χ4n) is 0.877. The molecule has 1 aromatic rings. The highest BCUT2D eigenvalue weighted by atomic mass is 79.9. The highest BCUT2D eigenvalue weighted by molar-refractivity contribution is 9.10. The number of aryl methyl sites for hydroxylation is 1. The second kappa shape index (κ2) is 5.16. The monoisotopic (exact) mass is 324 g/mol. The summed E-state index contributed by atoms with van der Waals surface area (Å²) in [6.07, 6.45) is -1.04. The second-order valence-electron chi connectivity index (χ2n) is 2.58. The number of nitrogens with zero attached hydrogens (tertiary/aromatic N) is 2. The minimum Gasteiger partial charge on any atom is -0.363 e. The molecule has 0 bridgehead atoms. The van der Waals surface area contributed by atoms with Crippen LogP contribution in [0.3, 0.4) is 0 Å². The molecule has 0 amide bonds. The average Bonchev–Trinajstić information content (AvgIpc) is 2.11. The van der Waals surface area contributed by atoms with Crippen LogP contribution in [0.4, 0.5) is 0 Å². The molecule has 0 spiro atoms. The molecule has 0 radical (unpaired) electrons. The van der Waals surface area contributed by atoms with E-state index < -0.39 is 6.29 Å². The van der Waals surface area contributed by atoms with Crippen molar-refractivity contribution in [1.82, 2.24) is 9.97 Å². The minimum absolute atomic E-state index is 0.379. The highest BCUT2D eigenvalue weighted by Gasteiger charge is 2.15. The zero-order valence-electron chi connectivity index (χ0n) is 7.79. The lowest BCUT2D eigenvalue weighted by Gasteiger charge is -2.11. The zero-order valence-corrected chi connectivity index (χ0v) is 11.0. The Morgan fingerprint density at radius 2 is 2.00 bits per heavy atom. The van der Waals surface area contributed by atoms with Gasteiger partial charge in [-0.25, -0.2) is 9.97 Å². The van der Waals surface area contributed by atoms with Gasteiger partial charge in [0.15, 0.2) is 0 Å². The van der Waals surface area contributed by atoms with Crippen molar-refractivity contribution in [1.29, 1.82) is 0 Å². The van der Waals surface area contributed by atoms with Crippen LogP contribution >= 0.6 is 31.9 Å². The zero-order chi connectivity index (χ0) is 10.7. The van der Waals surface area contributed by atoms with Crippen LogP contribution in [0.1, 0.15) is 24.6 Å². The topological polar surface area (TPSA) is 55.2 Å². The molecule has 78 valence electrons. The number of aliphatic hydroxyl groups excluding tert-OH is 1. The number of aromatic nitrogens is 2. The molecule has 0 fully saturated rings. The Kier molecular flexibility index (Phi) is 4.43. The van der Waals surface area contributed by atoms with Crippen molar-refractivity contribution < 1.29 is 9.84 Å². The number of hydrogen-bond acceptors (Lipinski definition) is 4. The molecule has 1 unspecified atom stereocenters. The van der Waals surface area contributed by atoms with Gasteiger partial charge in [0.25, 0.3) is 0 Å². The predicted molar refractivity (Wildman–Crippen MR) is 58.8 cm³/mol. The van der Waals surface area contributed by atoms with Gasteiger partial charge < -0.3 is 9.84 Å². The molecule has 0 aliphatic heterocycles. The molecule has 1 aromatic heterocycles. The summed E-state index contributed by atoms with van der Waals surface area (Å²) < 4.78 is 6.11. The fourth-order valence-corrected chi connectivity index (χ4v) is 1.71. The molecule has 1 heterocycles. The van der Waals surface area contributed by atoms with Crippen LogP contribution in [-0.4, -0.2) is 21.7 Å². The van der Waals surface area contributed by atoms with E-state index in [1.165, 1.54) is 0 Å². The molecule has 0 aromatic carbocycles. The molecular formula is C8H10Br2N2O2. The highest BCUT2D eigenvalue weighted by Crippen LogP contribution is 2.24. The molecule has 6 heteroatoms. The lowest BCUT2D eigenvalue weighted by Crippen LogP contribution is -2.08. The standard InChI is InChI=1S/C8H10Br2N2O2/c1-3-14-8(13)5-7(10)11-4(2)6(9)12-5/h8,13H,3H2,1-2H3. The Labute approximate surface area is 99.0 Å². The van der Waals surface area contributed by atoms with Crippen LogP contribution < -0.4 is 0 Å². The maximum atomic E-state index is 9.54. The summed E-state index contributed by atoms with van der Waals surface area (Å²) in [6, 6.07) is 0. The van der Waals surface area contributed by atoms with E-state index in [1.54, 1.807) is 6.92 Å². The largest absolute Gasteiger partial charge is 0.363 e. The Morgan fingerprint density at radius 1 is 1.36 bits per heavy atom. The number of aliphatic hydroxyl groups is 1.